The van der Waals surface area contributed by atoms with E-state index in [0.717, 1.165) is 27.5 Å². The highest BCUT2D eigenvalue weighted by Gasteiger charge is 2.05. The summed E-state index contributed by atoms with van der Waals surface area (Å²) in [6, 6.07) is 12.2. The van der Waals surface area contributed by atoms with Crippen molar-refractivity contribution >= 4 is 27.9 Å². The fourth-order valence-corrected chi connectivity index (χ4v) is 2.18. The number of aliphatic hydroxyl groups excluding tert-OH is 1. The van der Waals surface area contributed by atoms with E-state index in [2.05, 4.69) is 22.1 Å². The van der Waals surface area contributed by atoms with Crippen LogP contribution in [0, 0.1) is 6.92 Å². The second kappa shape index (κ2) is 4.35. The standard InChI is InChI=1S/C16H14N2O/c1-10(19)7-14-11(2)17-15-8-12-5-3-4-6-13(12)9-16(15)18-14/h3-9,19H,1-2H3/b10-7-. The van der Waals surface area contributed by atoms with Gasteiger partial charge in [0.1, 0.15) is 0 Å². The quantitative estimate of drug-likeness (QED) is 0.524. The zero-order valence-corrected chi connectivity index (χ0v) is 10.9. The maximum atomic E-state index is 9.37. The Bertz CT molecular complexity index is 802. The molecule has 0 saturated heterocycles. The first kappa shape index (κ1) is 11.7. The van der Waals surface area contributed by atoms with Crippen molar-refractivity contribution in [2.24, 2.45) is 0 Å². The van der Waals surface area contributed by atoms with Crippen molar-refractivity contribution in [3.8, 4) is 0 Å². The Morgan fingerprint density at radius 2 is 1.63 bits per heavy atom. The van der Waals surface area contributed by atoms with Crippen molar-refractivity contribution in [3.63, 3.8) is 0 Å². The van der Waals surface area contributed by atoms with Crippen LogP contribution in [0.4, 0.5) is 0 Å². The average molecular weight is 250 g/mol. The summed E-state index contributed by atoms with van der Waals surface area (Å²) in [5.74, 6) is 0.234. The number of allylic oxidation sites excluding steroid dienone is 1. The molecule has 0 fully saturated rings. The lowest BCUT2D eigenvalue weighted by Crippen LogP contribution is -1.94. The summed E-state index contributed by atoms with van der Waals surface area (Å²) in [6.45, 7) is 3.53. The second-order valence-corrected chi connectivity index (χ2v) is 4.67. The van der Waals surface area contributed by atoms with Crippen LogP contribution >= 0.6 is 0 Å². The summed E-state index contributed by atoms with van der Waals surface area (Å²) in [5.41, 5.74) is 3.25. The van der Waals surface area contributed by atoms with Crippen LogP contribution < -0.4 is 0 Å². The maximum Gasteiger partial charge on any atom is 0.0913 e. The molecule has 0 aliphatic carbocycles. The van der Waals surface area contributed by atoms with E-state index in [1.54, 1.807) is 13.0 Å². The first-order chi connectivity index (χ1) is 9.13. The molecule has 0 aliphatic heterocycles. The molecule has 0 atom stereocenters. The lowest BCUT2D eigenvalue weighted by Gasteiger charge is -2.05. The Labute approximate surface area is 111 Å². The van der Waals surface area contributed by atoms with Gasteiger partial charge in [-0.3, -0.25) is 0 Å². The summed E-state index contributed by atoms with van der Waals surface area (Å²) < 4.78 is 0. The van der Waals surface area contributed by atoms with E-state index in [4.69, 9.17) is 0 Å². The first-order valence-electron chi connectivity index (χ1n) is 6.18. The van der Waals surface area contributed by atoms with Crippen molar-refractivity contribution in [2.45, 2.75) is 13.8 Å². The molecule has 1 N–H and O–H groups in total. The first-order valence-corrected chi connectivity index (χ1v) is 6.18. The average Bonchev–Trinajstić information content (AvgIpc) is 2.37. The molecule has 0 radical (unpaired) electrons. The molecule has 3 heteroatoms. The number of fused-ring (bicyclic) bond motifs is 2. The fourth-order valence-electron chi connectivity index (χ4n) is 2.18. The molecule has 3 rings (SSSR count). The third-order valence-electron chi connectivity index (χ3n) is 3.09. The Morgan fingerprint density at radius 3 is 2.21 bits per heavy atom. The van der Waals surface area contributed by atoms with Gasteiger partial charge in [-0.1, -0.05) is 24.3 Å². The van der Waals surface area contributed by atoms with Gasteiger partial charge < -0.3 is 5.11 Å². The fraction of sp³-hybridized carbons (Fsp3) is 0.125. The SMILES string of the molecule is C/C(O)=C/c1nc2cc3ccccc3cc2nc1C. The predicted molar refractivity (Wildman–Crippen MR) is 78.1 cm³/mol. The zero-order chi connectivity index (χ0) is 13.4. The van der Waals surface area contributed by atoms with Crippen molar-refractivity contribution in [1.29, 1.82) is 0 Å². The van der Waals surface area contributed by atoms with Crippen molar-refractivity contribution < 1.29 is 5.11 Å². The maximum absolute atomic E-state index is 9.37. The molecule has 94 valence electrons. The van der Waals surface area contributed by atoms with Gasteiger partial charge in [-0.15, -0.1) is 0 Å². The molecule has 3 nitrogen and oxygen atoms in total. The molecule has 2 aromatic carbocycles. The Kier molecular flexibility index (Phi) is 2.67. The third kappa shape index (κ3) is 2.15. The van der Waals surface area contributed by atoms with Gasteiger partial charge in [-0.2, -0.15) is 0 Å². The minimum absolute atomic E-state index is 0.234. The number of aliphatic hydroxyl groups is 1. The molecule has 0 bridgehead atoms. The van der Waals surface area contributed by atoms with E-state index in [9.17, 15) is 5.11 Å². The van der Waals surface area contributed by atoms with E-state index in [1.165, 1.54) is 0 Å². The van der Waals surface area contributed by atoms with Gasteiger partial charge >= 0.3 is 0 Å². The topological polar surface area (TPSA) is 46.0 Å². The van der Waals surface area contributed by atoms with Crippen molar-refractivity contribution in [3.05, 3.63) is 53.5 Å². The van der Waals surface area contributed by atoms with E-state index in [1.807, 2.05) is 31.2 Å². The molecule has 19 heavy (non-hydrogen) atoms. The summed E-state index contributed by atoms with van der Waals surface area (Å²) in [7, 11) is 0. The molecule has 0 amide bonds. The predicted octanol–water partition coefficient (Wildman–Crippen LogP) is 4.01. The number of nitrogens with zero attached hydrogens (tertiary/aromatic N) is 2. The highest BCUT2D eigenvalue weighted by molar-refractivity contribution is 5.95. The Hall–Kier alpha value is -2.42. The molecule has 3 aromatic rings. The number of aromatic nitrogens is 2. The van der Waals surface area contributed by atoms with Gasteiger partial charge in [-0.25, -0.2) is 9.97 Å². The molecule has 1 aromatic heterocycles. The normalized spacial score (nSPS) is 12.2. The highest BCUT2D eigenvalue weighted by atomic mass is 16.3. The monoisotopic (exact) mass is 250 g/mol. The van der Waals surface area contributed by atoms with Crippen molar-refractivity contribution in [2.75, 3.05) is 0 Å². The Morgan fingerprint density at radius 1 is 1.05 bits per heavy atom. The summed E-state index contributed by atoms with van der Waals surface area (Å²) >= 11 is 0. The lowest BCUT2D eigenvalue weighted by atomic mass is 10.1. The summed E-state index contributed by atoms with van der Waals surface area (Å²) in [5, 5.41) is 11.7. The molecule has 0 spiro atoms. The number of benzene rings is 2. The van der Waals surface area contributed by atoms with Crippen LogP contribution in [0.5, 0.6) is 0 Å². The largest absolute Gasteiger partial charge is 0.513 e. The number of hydrogen-bond donors (Lipinski definition) is 1. The molecule has 0 aliphatic rings. The van der Waals surface area contributed by atoms with Crippen LogP contribution in [0.1, 0.15) is 18.3 Å². The molecule has 0 saturated carbocycles. The summed E-state index contributed by atoms with van der Waals surface area (Å²) in [6.07, 6.45) is 1.64. The smallest absolute Gasteiger partial charge is 0.0913 e. The van der Waals surface area contributed by atoms with Crippen LogP contribution in [-0.2, 0) is 0 Å². The molecule has 0 unspecified atom stereocenters. The molecular formula is C16H14N2O. The van der Waals surface area contributed by atoms with Gasteiger partial charge in [0.2, 0.25) is 0 Å². The van der Waals surface area contributed by atoms with Gasteiger partial charge in [0.25, 0.3) is 0 Å². The van der Waals surface area contributed by atoms with Gasteiger partial charge in [0.05, 0.1) is 28.2 Å². The van der Waals surface area contributed by atoms with Gasteiger partial charge in [-0.05, 0) is 36.8 Å². The number of hydrogen-bond acceptors (Lipinski definition) is 3. The van der Waals surface area contributed by atoms with Crippen LogP contribution in [0.15, 0.2) is 42.2 Å². The minimum Gasteiger partial charge on any atom is -0.513 e. The highest BCUT2D eigenvalue weighted by Crippen LogP contribution is 2.21. The minimum atomic E-state index is 0.234. The molecular weight excluding hydrogens is 236 g/mol. The van der Waals surface area contributed by atoms with Crippen molar-refractivity contribution in [1.82, 2.24) is 9.97 Å². The van der Waals surface area contributed by atoms with E-state index in [-0.39, 0.29) is 5.76 Å². The van der Waals surface area contributed by atoms with Crippen LogP contribution in [0.2, 0.25) is 0 Å². The number of rotatable bonds is 1. The van der Waals surface area contributed by atoms with E-state index < -0.39 is 0 Å². The second-order valence-electron chi connectivity index (χ2n) is 4.67. The van der Waals surface area contributed by atoms with Crippen LogP contribution in [0.3, 0.4) is 0 Å². The summed E-state index contributed by atoms with van der Waals surface area (Å²) in [4.78, 5) is 9.13. The van der Waals surface area contributed by atoms with Crippen LogP contribution in [-0.4, -0.2) is 15.1 Å². The Balaban J connectivity index is 2.33. The molecule has 1 heterocycles. The zero-order valence-electron chi connectivity index (χ0n) is 10.9. The van der Waals surface area contributed by atoms with E-state index in [0.29, 0.717) is 5.69 Å². The number of aryl methyl sites for hydroxylation is 1. The van der Waals surface area contributed by atoms with Gasteiger partial charge in [0.15, 0.2) is 0 Å². The van der Waals surface area contributed by atoms with Gasteiger partial charge in [0, 0.05) is 6.08 Å². The van der Waals surface area contributed by atoms with E-state index >= 15 is 0 Å². The van der Waals surface area contributed by atoms with Crippen LogP contribution in [0.25, 0.3) is 27.9 Å². The lowest BCUT2D eigenvalue weighted by molar-refractivity contribution is 0.419. The third-order valence-corrected chi connectivity index (χ3v) is 3.09.